The summed E-state index contributed by atoms with van der Waals surface area (Å²) >= 11 is 1.27. The van der Waals surface area contributed by atoms with Crippen molar-refractivity contribution in [3.05, 3.63) is 0 Å². The van der Waals surface area contributed by atoms with Crippen LogP contribution in [0, 0.1) is 0 Å². The molecule has 1 atom stereocenters. The van der Waals surface area contributed by atoms with Crippen molar-refractivity contribution in [2.75, 3.05) is 6.26 Å². The van der Waals surface area contributed by atoms with Crippen LogP contribution < -0.4 is 34.7 Å². The summed E-state index contributed by atoms with van der Waals surface area (Å²) in [5.74, 6) is -0.993. The Labute approximate surface area is 75.3 Å². The van der Waals surface area contributed by atoms with Crippen molar-refractivity contribution in [3.8, 4) is 0 Å². The van der Waals surface area contributed by atoms with Crippen molar-refractivity contribution >= 4 is 17.7 Å². The molecule has 2 nitrogen and oxygen atoms in total. The van der Waals surface area contributed by atoms with Crippen molar-refractivity contribution in [2.24, 2.45) is 0 Å². The molecule has 0 aliphatic heterocycles. The van der Waals surface area contributed by atoms with E-state index in [-0.39, 0.29) is 34.8 Å². The van der Waals surface area contributed by atoms with E-state index in [1.54, 1.807) is 13.2 Å². The van der Waals surface area contributed by atoms with E-state index in [0.29, 0.717) is 0 Å². The second kappa shape index (κ2) is 5.95. The van der Waals surface area contributed by atoms with Crippen molar-refractivity contribution in [1.29, 1.82) is 0 Å². The molecule has 8 heavy (non-hydrogen) atoms. The van der Waals surface area contributed by atoms with Crippen molar-refractivity contribution in [1.82, 2.24) is 0 Å². The number of thioether (sulfide) groups is 1. The molecule has 0 heterocycles. The van der Waals surface area contributed by atoms with Gasteiger partial charge in [-0.1, -0.05) is 0 Å². The number of aliphatic carboxylic acids is 1. The van der Waals surface area contributed by atoms with Crippen molar-refractivity contribution < 1.29 is 39.5 Å². The van der Waals surface area contributed by atoms with E-state index < -0.39 is 5.97 Å². The zero-order chi connectivity index (χ0) is 5.86. The Morgan fingerprint density at radius 3 is 2.12 bits per heavy atom. The maximum absolute atomic E-state index is 9.80. The molecule has 42 valence electrons. The second-order valence-corrected chi connectivity index (χ2v) is 2.38. The van der Waals surface area contributed by atoms with Crippen molar-refractivity contribution in [3.63, 3.8) is 0 Å². The molecule has 0 spiro atoms. The Bertz CT molecular complexity index is 76.4. The SMILES string of the molecule is CSC(C)C(=O)[O-].[Na+]. The maximum atomic E-state index is 9.80. The summed E-state index contributed by atoms with van der Waals surface area (Å²) in [6, 6.07) is 0. The summed E-state index contributed by atoms with van der Waals surface area (Å²) in [6.07, 6.45) is 1.74. The van der Waals surface area contributed by atoms with Crippen LogP contribution in [0.15, 0.2) is 0 Å². The second-order valence-electron chi connectivity index (χ2n) is 1.20. The zero-order valence-electron chi connectivity index (χ0n) is 5.30. The molecule has 0 aromatic carbocycles. The minimum Gasteiger partial charge on any atom is -0.549 e. The van der Waals surface area contributed by atoms with Gasteiger partial charge in [-0.15, -0.1) is 0 Å². The van der Waals surface area contributed by atoms with Gasteiger partial charge in [0.25, 0.3) is 0 Å². The Hall–Kier alpha value is 0.820. The smallest absolute Gasteiger partial charge is 0.549 e. The first-order chi connectivity index (χ1) is 3.18. The third kappa shape index (κ3) is 4.97. The van der Waals surface area contributed by atoms with Gasteiger partial charge >= 0.3 is 29.6 Å². The molecule has 0 saturated heterocycles. The van der Waals surface area contributed by atoms with E-state index >= 15 is 0 Å². The third-order valence-corrected chi connectivity index (χ3v) is 1.59. The summed E-state index contributed by atoms with van der Waals surface area (Å²) in [4.78, 5) is 9.80. The van der Waals surface area contributed by atoms with Crippen LogP contribution in [0.5, 0.6) is 0 Å². The number of carboxylic acid groups (broad SMARTS) is 1. The minimum absolute atomic E-state index is 0. The minimum atomic E-state index is -0.993. The first kappa shape index (κ1) is 11.6. The predicted octanol–water partition coefficient (Wildman–Crippen LogP) is -3.51. The average molecular weight is 142 g/mol. The summed E-state index contributed by atoms with van der Waals surface area (Å²) in [5.41, 5.74) is 0. The van der Waals surface area contributed by atoms with Gasteiger partial charge in [0.15, 0.2) is 0 Å². The molecule has 0 fully saturated rings. The number of hydrogen-bond donors (Lipinski definition) is 0. The van der Waals surface area contributed by atoms with E-state index in [4.69, 9.17) is 0 Å². The van der Waals surface area contributed by atoms with Gasteiger partial charge in [0.1, 0.15) is 0 Å². The molecule has 0 amide bonds. The van der Waals surface area contributed by atoms with E-state index in [9.17, 15) is 9.90 Å². The Kier molecular flexibility index (Phi) is 8.62. The number of carboxylic acids is 1. The number of carbonyl (C=O) groups is 1. The fourth-order valence-electron chi connectivity index (χ4n) is 0.0962. The van der Waals surface area contributed by atoms with Gasteiger partial charge in [0.2, 0.25) is 0 Å². The zero-order valence-corrected chi connectivity index (χ0v) is 8.12. The summed E-state index contributed by atoms with van der Waals surface area (Å²) in [5, 5.41) is 9.42. The fraction of sp³-hybridized carbons (Fsp3) is 0.750. The third-order valence-electron chi connectivity index (χ3n) is 0.685. The largest absolute Gasteiger partial charge is 1.00 e. The molecule has 4 heteroatoms. The van der Waals surface area contributed by atoms with Gasteiger partial charge in [-0.2, -0.15) is 11.8 Å². The van der Waals surface area contributed by atoms with Crippen LogP contribution in [0.4, 0.5) is 0 Å². The molecule has 0 aliphatic rings. The summed E-state index contributed by atoms with van der Waals surface area (Å²) < 4.78 is 0. The molecule has 0 rings (SSSR count). The topological polar surface area (TPSA) is 40.1 Å². The van der Waals surface area contributed by atoms with Crippen LogP contribution in [0.25, 0.3) is 0 Å². The van der Waals surface area contributed by atoms with E-state index in [1.807, 2.05) is 0 Å². The van der Waals surface area contributed by atoms with Crippen molar-refractivity contribution in [2.45, 2.75) is 12.2 Å². The molecule has 0 radical (unpaired) electrons. The molecular weight excluding hydrogens is 135 g/mol. The number of hydrogen-bond acceptors (Lipinski definition) is 3. The van der Waals surface area contributed by atoms with Gasteiger partial charge in [-0.05, 0) is 13.2 Å². The Morgan fingerprint density at radius 2 is 2.12 bits per heavy atom. The van der Waals surface area contributed by atoms with Crippen LogP contribution in [-0.2, 0) is 4.79 Å². The van der Waals surface area contributed by atoms with E-state index in [1.165, 1.54) is 11.8 Å². The van der Waals surface area contributed by atoms with Crippen LogP contribution >= 0.6 is 11.8 Å². The fourth-order valence-corrected chi connectivity index (χ4v) is 0.289. The van der Waals surface area contributed by atoms with Crippen LogP contribution in [0.3, 0.4) is 0 Å². The number of carbonyl (C=O) groups excluding carboxylic acids is 1. The Morgan fingerprint density at radius 1 is 1.75 bits per heavy atom. The standard InChI is InChI=1S/C4H8O2S.Na/c1-3(7-2)4(5)6;/h3H,1-2H3,(H,5,6);/q;+1/p-1. The molecule has 0 aliphatic carbocycles. The van der Waals surface area contributed by atoms with Gasteiger partial charge in [0.05, 0.1) is 5.97 Å². The molecule has 0 N–H and O–H groups in total. The molecule has 0 aromatic heterocycles. The maximum Gasteiger partial charge on any atom is 1.00 e. The molecule has 0 bridgehead atoms. The van der Waals surface area contributed by atoms with Gasteiger partial charge in [0, 0.05) is 5.25 Å². The first-order valence-corrected chi connectivity index (χ1v) is 3.21. The molecule has 0 aromatic rings. The van der Waals surface area contributed by atoms with Crippen LogP contribution in [-0.4, -0.2) is 17.5 Å². The van der Waals surface area contributed by atoms with Gasteiger partial charge in [-0.25, -0.2) is 0 Å². The monoisotopic (exact) mass is 142 g/mol. The Balaban J connectivity index is 0. The average Bonchev–Trinajstić information content (AvgIpc) is 1.65. The molecule has 0 saturated carbocycles. The van der Waals surface area contributed by atoms with E-state index in [0.717, 1.165) is 0 Å². The van der Waals surface area contributed by atoms with Gasteiger partial charge < -0.3 is 9.90 Å². The first-order valence-electron chi connectivity index (χ1n) is 1.92. The normalized spacial score (nSPS) is 11.8. The quantitative estimate of drug-likeness (QED) is 0.375. The van der Waals surface area contributed by atoms with Gasteiger partial charge in [-0.3, -0.25) is 0 Å². The molecule has 1 unspecified atom stereocenters. The number of rotatable bonds is 2. The molecular formula is C4H7NaO2S. The summed E-state index contributed by atoms with van der Waals surface area (Å²) in [7, 11) is 0. The summed E-state index contributed by atoms with van der Waals surface area (Å²) in [6.45, 7) is 1.60. The van der Waals surface area contributed by atoms with E-state index in [2.05, 4.69) is 0 Å². The predicted molar refractivity (Wildman–Crippen MR) is 28.0 cm³/mol. The van der Waals surface area contributed by atoms with Crippen LogP contribution in [0.1, 0.15) is 6.92 Å². The van der Waals surface area contributed by atoms with Crippen LogP contribution in [0.2, 0.25) is 0 Å².